The summed E-state index contributed by atoms with van der Waals surface area (Å²) in [6.07, 6.45) is 2.21. The third kappa shape index (κ3) is 4.27. The van der Waals surface area contributed by atoms with Crippen molar-refractivity contribution in [3.05, 3.63) is 30.0 Å². The lowest BCUT2D eigenvalue weighted by atomic mass is 9.99. The third-order valence-corrected chi connectivity index (χ3v) is 4.47. The van der Waals surface area contributed by atoms with E-state index in [-0.39, 0.29) is 12.6 Å². The number of anilines is 1. The smallest absolute Gasteiger partial charge is 0.319 e. The second-order valence-electron chi connectivity index (χ2n) is 6.48. The van der Waals surface area contributed by atoms with Crippen molar-refractivity contribution in [3.8, 4) is 0 Å². The second kappa shape index (κ2) is 7.68. The monoisotopic (exact) mass is 331 g/mol. The van der Waals surface area contributed by atoms with Crippen molar-refractivity contribution in [1.82, 2.24) is 10.2 Å². The first-order chi connectivity index (χ1) is 11.6. The van der Waals surface area contributed by atoms with Crippen molar-refractivity contribution in [1.29, 1.82) is 0 Å². The molecule has 1 aromatic carbocycles. The molecule has 1 aromatic heterocycles. The Bertz CT molecular complexity index is 698. The number of nitrogens with zero attached hydrogens (tertiary/aromatic N) is 1. The zero-order valence-electron chi connectivity index (χ0n) is 14.0. The lowest BCUT2D eigenvalue weighted by molar-refractivity contribution is 0.121. The number of amides is 2. The van der Waals surface area contributed by atoms with Gasteiger partial charge in [0.2, 0.25) is 0 Å². The Morgan fingerprint density at radius 1 is 1.42 bits per heavy atom. The molecule has 0 spiro atoms. The van der Waals surface area contributed by atoms with Crippen LogP contribution in [0.4, 0.5) is 10.5 Å². The zero-order chi connectivity index (χ0) is 16.9. The van der Waals surface area contributed by atoms with Crippen molar-refractivity contribution in [2.45, 2.75) is 19.8 Å². The van der Waals surface area contributed by atoms with Gasteiger partial charge in [-0.1, -0.05) is 0 Å². The Kier molecular flexibility index (Phi) is 5.37. The predicted octanol–water partition coefficient (Wildman–Crippen LogP) is 2.57. The number of urea groups is 1. The number of piperidine rings is 1. The van der Waals surface area contributed by atoms with Crippen molar-refractivity contribution >= 4 is 22.7 Å². The number of carbonyl (C=O) groups is 1. The largest absolute Gasteiger partial charge is 0.461 e. The van der Waals surface area contributed by atoms with Gasteiger partial charge in [0.15, 0.2) is 0 Å². The molecule has 0 unspecified atom stereocenters. The molecule has 2 heterocycles. The molecule has 0 bridgehead atoms. The highest BCUT2D eigenvalue weighted by molar-refractivity contribution is 5.92. The average molecular weight is 331 g/mol. The molecule has 24 heavy (non-hydrogen) atoms. The van der Waals surface area contributed by atoms with Crippen LogP contribution < -0.4 is 10.6 Å². The lowest BCUT2D eigenvalue weighted by Crippen LogP contribution is -2.42. The highest BCUT2D eigenvalue weighted by Gasteiger charge is 2.18. The van der Waals surface area contributed by atoms with Gasteiger partial charge < -0.3 is 25.1 Å². The molecule has 1 saturated heterocycles. The van der Waals surface area contributed by atoms with Gasteiger partial charge in [-0.3, -0.25) is 0 Å². The first-order valence-corrected chi connectivity index (χ1v) is 8.52. The summed E-state index contributed by atoms with van der Waals surface area (Å²) in [5.74, 6) is 1.23. The van der Waals surface area contributed by atoms with Crippen molar-refractivity contribution < 1.29 is 14.3 Å². The van der Waals surface area contributed by atoms with Gasteiger partial charge in [0, 0.05) is 37.3 Å². The maximum absolute atomic E-state index is 12.0. The fourth-order valence-electron chi connectivity index (χ4n) is 3.26. The number of aryl methyl sites for hydroxylation is 1. The number of aliphatic hydroxyl groups is 1. The Balaban J connectivity index is 1.44. The maximum atomic E-state index is 12.0. The molecule has 3 N–H and O–H groups in total. The van der Waals surface area contributed by atoms with Gasteiger partial charge in [-0.2, -0.15) is 0 Å². The Morgan fingerprint density at radius 3 is 3.12 bits per heavy atom. The molecule has 0 radical (unpaired) electrons. The molecule has 6 heteroatoms. The molecule has 1 fully saturated rings. The molecule has 1 aliphatic heterocycles. The van der Waals surface area contributed by atoms with Crippen LogP contribution in [0.3, 0.4) is 0 Å². The van der Waals surface area contributed by atoms with Crippen molar-refractivity contribution in [2.75, 3.05) is 38.1 Å². The molecule has 0 saturated carbocycles. The van der Waals surface area contributed by atoms with Crippen LogP contribution in [-0.2, 0) is 0 Å². The fraction of sp³-hybridized carbons (Fsp3) is 0.500. The van der Waals surface area contributed by atoms with E-state index < -0.39 is 0 Å². The van der Waals surface area contributed by atoms with Gasteiger partial charge in [0.1, 0.15) is 11.3 Å². The molecule has 0 aliphatic carbocycles. The normalized spacial score (nSPS) is 18.7. The third-order valence-electron chi connectivity index (χ3n) is 4.47. The van der Waals surface area contributed by atoms with Crippen molar-refractivity contribution in [3.63, 3.8) is 0 Å². The van der Waals surface area contributed by atoms with E-state index in [2.05, 4.69) is 15.5 Å². The lowest BCUT2D eigenvalue weighted by Gasteiger charge is -2.31. The maximum Gasteiger partial charge on any atom is 0.319 e. The minimum absolute atomic E-state index is 0.203. The summed E-state index contributed by atoms with van der Waals surface area (Å²) in [5, 5.41) is 16.0. The Labute approximate surface area is 141 Å². The fourth-order valence-corrected chi connectivity index (χ4v) is 3.26. The number of carbonyl (C=O) groups excluding carboxylic acids is 1. The average Bonchev–Trinajstić information content (AvgIpc) is 2.94. The first kappa shape index (κ1) is 16.8. The van der Waals surface area contributed by atoms with Gasteiger partial charge >= 0.3 is 6.03 Å². The summed E-state index contributed by atoms with van der Waals surface area (Å²) in [6, 6.07) is 7.35. The van der Waals surface area contributed by atoms with Crippen LogP contribution in [0, 0.1) is 12.8 Å². The number of hydrogen-bond acceptors (Lipinski definition) is 4. The summed E-state index contributed by atoms with van der Waals surface area (Å²) >= 11 is 0. The van der Waals surface area contributed by atoms with Gasteiger partial charge in [-0.25, -0.2) is 4.79 Å². The first-order valence-electron chi connectivity index (χ1n) is 8.52. The van der Waals surface area contributed by atoms with Gasteiger partial charge in [0.25, 0.3) is 0 Å². The van der Waals surface area contributed by atoms with Crippen molar-refractivity contribution in [2.24, 2.45) is 5.92 Å². The van der Waals surface area contributed by atoms with E-state index >= 15 is 0 Å². The molecule has 1 aliphatic rings. The molecule has 2 aromatic rings. The molecular formula is C18H25N3O3. The molecule has 1 atom stereocenters. The number of aliphatic hydroxyl groups excluding tert-OH is 1. The van der Waals surface area contributed by atoms with E-state index in [9.17, 15) is 9.90 Å². The summed E-state index contributed by atoms with van der Waals surface area (Å²) in [7, 11) is 0. The van der Waals surface area contributed by atoms with E-state index in [4.69, 9.17) is 4.42 Å². The number of rotatable bonds is 5. The molecule has 3 rings (SSSR count). The Hall–Kier alpha value is -2.05. The summed E-state index contributed by atoms with van der Waals surface area (Å²) < 4.78 is 5.53. The number of fused-ring (bicyclic) bond motifs is 1. The summed E-state index contributed by atoms with van der Waals surface area (Å²) in [4.78, 5) is 14.3. The molecule has 130 valence electrons. The van der Waals surface area contributed by atoms with Crippen LogP contribution in [0.1, 0.15) is 18.6 Å². The molecular weight excluding hydrogens is 306 g/mol. The van der Waals surface area contributed by atoms with Crippen LogP contribution in [0.2, 0.25) is 0 Å². The van der Waals surface area contributed by atoms with Crippen LogP contribution in [0.15, 0.2) is 28.7 Å². The Morgan fingerprint density at radius 2 is 2.29 bits per heavy atom. The van der Waals surface area contributed by atoms with E-state index in [1.54, 1.807) is 0 Å². The number of likely N-dealkylation sites (tertiary alicyclic amines) is 1. The SMILES string of the molecule is Cc1cc2cc(NC(=O)NCCN3CCC[C@@H](CO)C3)ccc2o1. The van der Waals surface area contributed by atoms with Gasteiger partial charge in [-0.05, 0) is 56.5 Å². The number of hydrogen-bond donors (Lipinski definition) is 3. The van der Waals surface area contributed by atoms with Crippen LogP contribution >= 0.6 is 0 Å². The van der Waals surface area contributed by atoms with Crippen LogP contribution in [-0.4, -0.2) is 48.8 Å². The molecule has 2 amide bonds. The number of furan rings is 1. The van der Waals surface area contributed by atoms with E-state index in [1.165, 1.54) is 0 Å². The summed E-state index contributed by atoms with van der Waals surface area (Å²) in [6.45, 7) is 5.51. The predicted molar refractivity (Wildman–Crippen MR) is 94.2 cm³/mol. The van der Waals surface area contributed by atoms with Crippen LogP contribution in [0.5, 0.6) is 0 Å². The van der Waals surface area contributed by atoms with E-state index in [0.717, 1.165) is 54.9 Å². The molecule has 6 nitrogen and oxygen atoms in total. The van der Waals surface area contributed by atoms with Gasteiger partial charge in [-0.15, -0.1) is 0 Å². The zero-order valence-corrected chi connectivity index (χ0v) is 14.0. The summed E-state index contributed by atoms with van der Waals surface area (Å²) in [5.41, 5.74) is 1.57. The van der Waals surface area contributed by atoms with Crippen LogP contribution in [0.25, 0.3) is 11.0 Å². The minimum Gasteiger partial charge on any atom is -0.461 e. The topological polar surface area (TPSA) is 77.7 Å². The highest BCUT2D eigenvalue weighted by Crippen LogP contribution is 2.22. The standard InChI is InChI=1S/C18H25N3O3/c1-13-9-15-10-16(4-5-17(15)24-13)20-18(23)19-6-8-21-7-2-3-14(11-21)12-22/h4-5,9-10,14,22H,2-3,6-8,11-12H2,1H3,(H2,19,20,23)/t14-/m1/s1. The van der Waals surface area contributed by atoms with E-state index in [1.807, 2.05) is 31.2 Å². The second-order valence-corrected chi connectivity index (χ2v) is 6.48. The quantitative estimate of drug-likeness (QED) is 0.787. The van der Waals surface area contributed by atoms with Gasteiger partial charge in [0.05, 0.1) is 0 Å². The number of benzene rings is 1. The van der Waals surface area contributed by atoms with E-state index in [0.29, 0.717) is 12.5 Å². The minimum atomic E-state index is -0.203. The number of nitrogens with one attached hydrogen (secondary N) is 2. The highest BCUT2D eigenvalue weighted by atomic mass is 16.3.